The van der Waals surface area contributed by atoms with E-state index in [1.807, 2.05) is 14.1 Å². The Bertz CT molecular complexity index is 169. The van der Waals surface area contributed by atoms with E-state index >= 15 is 0 Å². The normalized spacial score (nSPS) is 13.1. The Kier molecular flexibility index (Phi) is 8.38. The number of rotatable bonds is 9. The predicted octanol–water partition coefficient (Wildman–Crippen LogP) is 2.61. The van der Waals surface area contributed by atoms with Crippen molar-refractivity contribution >= 4 is 5.97 Å². The van der Waals surface area contributed by atoms with Crippen LogP contribution in [-0.2, 0) is 4.79 Å². The first-order chi connectivity index (χ1) is 7.07. The van der Waals surface area contributed by atoms with Crippen LogP contribution in [-0.4, -0.2) is 36.6 Å². The number of unbranched alkanes of at least 4 members (excludes halogenated alkanes) is 2. The zero-order valence-electron chi connectivity index (χ0n) is 10.3. The molecule has 0 aromatic carbocycles. The molecule has 0 radical (unpaired) electrons. The smallest absolute Gasteiger partial charge is 0.306 e. The van der Waals surface area contributed by atoms with Gasteiger partial charge in [0.15, 0.2) is 0 Å². The highest BCUT2D eigenvalue weighted by Crippen LogP contribution is 2.16. The minimum absolute atomic E-state index is 0.118. The van der Waals surface area contributed by atoms with E-state index in [2.05, 4.69) is 11.8 Å². The Balaban J connectivity index is 3.62. The molecule has 0 amide bonds. The number of hydrogen-bond acceptors (Lipinski definition) is 2. The molecule has 0 saturated carbocycles. The van der Waals surface area contributed by atoms with Crippen molar-refractivity contribution in [2.75, 3.05) is 20.6 Å². The summed E-state index contributed by atoms with van der Waals surface area (Å²) in [6.07, 6.45) is 5.92. The number of carboxylic acid groups (broad SMARTS) is 1. The lowest BCUT2D eigenvalue weighted by Crippen LogP contribution is -2.16. The van der Waals surface area contributed by atoms with Crippen LogP contribution in [0.3, 0.4) is 0 Å². The summed E-state index contributed by atoms with van der Waals surface area (Å²) in [6, 6.07) is 0. The van der Waals surface area contributed by atoms with Gasteiger partial charge in [-0.05, 0) is 39.9 Å². The largest absolute Gasteiger partial charge is 0.481 e. The lowest BCUT2D eigenvalue weighted by atomic mass is 9.96. The fourth-order valence-electron chi connectivity index (χ4n) is 1.66. The molecular formula is C12H25NO2. The molecule has 1 N–H and O–H groups in total. The average Bonchev–Trinajstić information content (AvgIpc) is 2.15. The van der Waals surface area contributed by atoms with Crippen LogP contribution in [0.25, 0.3) is 0 Å². The minimum Gasteiger partial charge on any atom is -0.481 e. The maximum atomic E-state index is 10.9. The Morgan fingerprint density at radius 3 is 2.27 bits per heavy atom. The molecule has 0 heterocycles. The third-order valence-corrected chi connectivity index (χ3v) is 2.66. The van der Waals surface area contributed by atoms with Crippen LogP contribution in [0.4, 0.5) is 0 Å². The zero-order chi connectivity index (χ0) is 11.7. The molecule has 0 aromatic rings. The molecule has 3 heteroatoms. The van der Waals surface area contributed by atoms with Gasteiger partial charge in [0.05, 0.1) is 5.92 Å². The van der Waals surface area contributed by atoms with Gasteiger partial charge in [-0.15, -0.1) is 0 Å². The Labute approximate surface area is 93.5 Å². The van der Waals surface area contributed by atoms with Crippen molar-refractivity contribution < 1.29 is 9.90 Å². The molecule has 3 nitrogen and oxygen atoms in total. The van der Waals surface area contributed by atoms with Gasteiger partial charge in [0.2, 0.25) is 0 Å². The van der Waals surface area contributed by atoms with Gasteiger partial charge in [-0.3, -0.25) is 4.79 Å². The van der Waals surface area contributed by atoms with Crippen LogP contribution in [0.5, 0.6) is 0 Å². The lowest BCUT2D eigenvalue weighted by molar-refractivity contribution is -0.142. The highest BCUT2D eigenvalue weighted by atomic mass is 16.4. The Morgan fingerprint density at radius 2 is 1.80 bits per heavy atom. The SMILES string of the molecule is CCCC[C@@H](CCCCN(C)C)C(=O)O. The van der Waals surface area contributed by atoms with Crippen LogP contribution >= 0.6 is 0 Å². The van der Waals surface area contributed by atoms with E-state index in [9.17, 15) is 4.79 Å². The van der Waals surface area contributed by atoms with E-state index in [0.717, 1.165) is 45.1 Å². The molecule has 0 bridgehead atoms. The Morgan fingerprint density at radius 1 is 1.20 bits per heavy atom. The summed E-state index contributed by atoms with van der Waals surface area (Å²) in [5.41, 5.74) is 0. The van der Waals surface area contributed by atoms with Gasteiger partial charge in [0, 0.05) is 0 Å². The Hall–Kier alpha value is -0.570. The fraction of sp³-hybridized carbons (Fsp3) is 0.917. The highest BCUT2D eigenvalue weighted by molar-refractivity contribution is 5.69. The van der Waals surface area contributed by atoms with E-state index in [-0.39, 0.29) is 5.92 Å². The van der Waals surface area contributed by atoms with E-state index < -0.39 is 5.97 Å². The van der Waals surface area contributed by atoms with Crippen molar-refractivity contribution in [1.29, 1.82) is 0 Å². The van der Waals surface area contributed by atoms with Crippen molar-refractivity contribution in [3.8, 4) is 0 Å². The first kappa shape index (κ1) is 14.4. The number of carboxylic acids is 1. The molecule has 0 aromatic heterocycles. The van der Waals surface area contributed by atoms with Gasteiger partial charge in [-0.25, -0.2) is 0 Å². The highest BCUT2D eigenvalue weighted by Gasteiger charge is 2.15. The molecule has 0 aliphatic carbocycles. The van der Waals surface area contributed by atoms with Crippen molar-refractivity contribution in [2.45, 2.75) is 45.4 Å². The molecule has 0 spiro atoms. The molecule has 15 heavy (non-hydrogen) atoms. The number of nitrogens with zero attached hydrogens (tertiary/aromatic N) is 1. The van der Waals surface area contributed by atoms with Crippen LogP contribution in [0.1, 0.15) is 45.4 Å². The predicted molar refractivity (Wildman–Crippen MR) is 63.1 cm³/mol. The van der Waals surface area contributed by atoms with Gasteiger partial charge < -0.3 is 10.0 Å². The van der Waals surface area contributed by atoms with Crippen LogP contribution in [0, 0.1) is 5.92 Å². The maximum Gasteiger partial charge on any atom is 0.306 e. The van der Waals surface area contributed by atoms with E-state index in [4.69, 9.17) is 5.11 Å². The van der Waals surface area contributed by atoms with Crippen molar-refractivity contribution in [1.82, 2.24) is 4.90 Å². The number of carbonyl (C=O) groups is 1. The maximum absolute atomic E-state index is 10.9. The first-order valence-corrected chi connectivity index (χ1v) is 5.95. The zero-order valence-corrected chi connectivity index (χ0v) is 10.3. The third-order valence-electron chi connectivity index (χ3n) is 2.66. The second kappa shape index (κ2) is 8.72. The van der Waals surface area contributed by atoms with E-state index in [1.54, 1.807) is 0 Å². The van der Waals surface area contributed by atoms with Gasteiger partial charge in [0.25, 0.3) is 0 Å². The topological polar surface area (TPSA) is 40.5 Å². The number of hydrogen-bond donors (Lipinski definition) is 1. The summed E-state index contributed by atoms with van der Waals surface area (Å²) in [6.45, 7) is 3.16. The fourth-order valence-corrected chi connectivity index (χ4v) is 1.66. The summed E-state index contributed by atoms with van der Waals surface area (Å²) >= 11 is 0. The van der Waals surface area contributed by atoms with E-state index in [0.29, 0.717) is 0 Å². The van der Waals surface area contributed by atoms with Crippen LogP contribution < -0.4 is 0 Å². The molecule has 0 fully saturated rings. The van der Waals surface area contributed by atoms with Crippen LogP contribution in [0.2, 0.25) is 0 Å². The van der Waals surface area contributed by atoms with Gasteiger partial charge in [0.1, 0.15) is 0 Å². The molecule has 1 atom stereocenters. The van der Waals surface area contributed by atoms with Crippen LogP contribution in [0.15, 0.2) is 0 Å². The molecular weight excluding hydrogens is 190 g/mol. The van der Waals surface area contributed by atoms with Crippen molar-refractivity contribution in [3.63, 3.8) is 0 Å². The monoisotopic (exact) mass is 215 g/mol. The summed E-state index contributed by atoms with van der Waals surface area (Å²) < 4.78 is 0. The molecule has 0 rings (SSSR count). The first-order valence-electron chi connectivity index (χ1n) is 5.95. The molecule has 90 valence electrons. The molecule has 0 aliphatic heterocycles. The van der Waals surface area contributed by atoms with Gasteiger partial charge >= 0.3 is 5.97 Å². The summed E-state index contributed by atoms with van der Waals surface area (Å²) in [5, 5.41) is 9.00. The second-order valence-electron chi connectivity index (χ2n) is 4.48. The molecule has 0 saturated heterocycles. The van der Waals surface area contributed by atoms with E-state index in [1.165, 1.54) is 0 Å². The molecule has 0 unspecified atom stereocenters. The van der Waals surface area contributed by atoms with Gasteiger partial charge in [-0.1, -0.05) is 26.2 Å². The van der Waals surface area contributed by atoms with Gasteiger partial charge in [-0.2, -0.15) is 0 Å². The molecule has 0 aliphatic rings. The number of aliphatic carboxylic acids is 1. The quantitative estimate of drug-likeness (QED) is 0.601. The standard InChI is InChI=1S/C12H25NO2/c1-4-5-8-11(12(14)15)9-6-7-10-13(2)3/h11H,4-10H2,1-3H3,(H,14,15)/t11-/m0/s1. The minimum atomic E-state index is -0.617. The van der Waals surface area contributed by atoms with Crippen molar-refractivity contribution in [3.05, 3.63) is 0 Å². The summed E-state index contributed by atoms with van der Waals surface area (Å²) in [4.78, 5) is 13.1. The lowest BCUT2D eigenvalue weighted by Gasteiger charge is -2.13. The van der Waals surface area contributed by atoms with Crippen molar-refractivity contribution in [2.24, 2.45) is 5.92 Å². The average molecular weight is 215 g/mol. The third kappa shape index (κ3) is 8.43. The summed E-state index contributed by atoms with van der Waals surface area (Å²) in [7, 11) is 4.09. The summed E-state index contributed by atoms with van der Waals surface area (Å²) in [5.74, 6) is -0.736. The second-order valence-corrected chi connectivity index (χ2v) is 4.48.